The summed E-state index contributed by atoms with van der Waals surface area (Å²) in [6.45, 7) is 1.75. The maximum Gasteiger partial charge on any atom is 0.306 e. The third-order valence-corrected chi connectivity index (χ3v) is 2.79. The van der Waals surface area contributed by atoms with Crippen LogP contribution in [0.15, 0.2) is 0 Å². The first kappa shape index (κ1) is 14.3. The van der Waals surface area contributed by atoms with E-state index in [4.69, 9.17) is 4.74 Å². The smallest absolute Gasteiger partial charge is 0.306 e. The molecule has 2 unspecified atom stereocenters. The Kier molecular flexibility index (Phi) is 4.84. The molecule has 6 atom stereocenters. The molecule has 1 fully saturated rings. The Hall–Kier alpha value is -0.730. The van der Waals surface area contributed by atoms with Gasteiger partial charge in [0.15, 0.2) is 6.10 Å². The van der Waals surface area contributed by atoms with Crippen LogP contribution in [0.25, 0.3) is 0 Å². The summed E-state index contributed by atoms with van der Waals surface area (Å²) in [4.78, 5) is 11.2. The van der Waals surface area contributed by atoms with Gasteiger partial charge in [0.1, 0.15) is 30.5 Å². The Morgan fingerprint density at radius 2 is 1.35 bits per heavy atom. The molecule has 0 bridgehead atoms. The predicted molar refractivity (Wildman–Crippen MR) is 54.8 cm³/mol. The van der Waals surface area contributed by atoms with Gasteiger partial charge in [0.25, 0.3) is 0 Å². The fraction of sp³-hybridized carbons (Fsp3) is 0.900. The van der Waals surface area contributed by atoms with Crippen molar-refractivity contribution in [2.24, 2.45) is 0 Å². The third kappa shape index (κ3) is 2.93. The van der Waals surface area contributed by atoms with Crippen molar-refractivity contribution in [1.82, 2.24) is 0 Å². The van der Waals surface area contributed by atoms with E-state index < -0.39 is 42.6 Å². The second-order valence-electron chi connectivity index (χ2n) is 4.16. The van der Waals surface area contributed by atoms with Gasteiger partial charge < -0.3 is 30.3 Å². The summed E-state index contributed by atoms with van der Waals surface area (Å²) in [6.07, 6.45) is -9.10. The molecule has 1 saturated carbocycles. The molecule has 0 heterocycles. The second kappa shape index (κ2) is 5.74. The molecular weight excluding hydrogens is 232 g/mol. The largest absolute Gasteiger partial charge is 0.457 e. The molecule has 7 nitrogen and oxygen atoms in total. The number of aliphatic hydroxyl groups excluding tert-OH is 5. The molecule has 0 aromatic carbocycles. The minimum Gasteiger partial charge on any atom is -0.457 e. The fourth-order valence-corrected chi connectivity index (χ4v) is 1.75. The SMILES string of the molecule is CCCC(=O)OC1[C@H](O)[C@H](O)C(O)[C@H](O)[C@H]1O. The highest BCUT2D eigenvalue weighted by molar-refractivity contribution is 5.69. The minimum absolute atomic E-state index is 0.102. The van der Waals surface area contributed by atoms with Crippen LogP contribution in [0.3, 0.4) is 0 Å². The molecule has 5 N–H and O–H groups in total. The van der Waals surface area contributed by atoms with E-state index in [0.29, 0.717) is 6.42 Å². The zero-order valence-corrected chi connectivity index (χ0v) is 9.43. The summed E-state index contributed by atoms with van der Waals surface area (Å²) >= 11 is 0. The van der Waals surface area contributed by atoms with Gasteiger partial charge in [-0.15, -0.1) is 0 Å². The van der Waals surface area contributed by atoms with Crippen molar-refractivity contribution in [1.29, 1.82) is 0 Å². The summed E-state index contributed by atoms with van der Waals surface area (Å²) in [5.41, 5.74) is 0. The first-order valence-electron chi connectivity index (χ1n) is 5.50. The number of rotatable bonds is 3. The molecule has 17 heavy (non-hydrogen) atoms. The van der Waals surface area contributed by atoms with Gasteiger partial charge in [-0.25, -0.2) is 0 Å². The van der Waals surface area contributed by atoms with Crippen molar-refractivity contribution in [3.63, 3.8) is 0 Å². The maximum atomic E-state index is 11.2. The van der Waals surface area contributed by atoms with E-state index in [1.807, 2.05) is 0 Å². The highest BCUT2D eigenvalue weighted by atomic mass is 16.6. The minimum atomic E-state index is -1.68. The Morgan fingerprint density at radius 1 is 0.941 bits per heavy atom. The van der Waals surface area contributed by atoms with Crippen molar-refractivity contribution in [3.8, 4) is 0 Å². The van der Waals surface area contributed by atoms with Crippen molar-refractivity contribution in [2.45, 2.75) is 56.4 Å². The number of aliphatic hydroxyl groups is 5. The fourth-order valence-electron chi connectivity index (χ4n) is 1.75. The Bertz CT molecular complexity index is 253. The van der Waals surface area contributed by atoms with Crippen LogP contribution in [0.4, 0.5) is 0 Å². The molecule has 0 saturated heterocycles. The number of esters is 1. The molecule has 0 aromatic rings. The van der Waals surface area contributed by atoms with Crippen LogP contribution in [-0.4, -0.2) is 68.1 Å². The standard InChI is InChI=1S/C10H18O7/c1-2-3-4(11)17-10-8(15)6(13)5(12)7(14)9(10)16/h5-10,12-16H,2-3H2,1H3/t5?,6-,7+,8-,9-,10?/m1/s1. The third-order valence-electron chi connectivity index (χ3n) is 2.79. The molecule has 1 rings (SSSR count). The van der Waals surface area contributed by atoms with Crippen molar-refractivity contribution < 1.29 is 35.1 Å². The average molecular weight is 250 g/mol. The Balaban J connectivity index is 2.72. The maximum absolute atomic E-state index is 11.2. The van der Waals surface area contributed by atoms with Gasteiger partial charge in [0.05, 0.1) is 0 Å². The van der Waals surface area contributed by atoms with Crippen LogP contribution in [0.2, 0.25) is 0 Å². The zero-order valence-electron chi connectivity index (χ0n) is 9.43. The van der Waals surface area contributed by atoms with Gasteiger partial charge in [-0.3, -0.25) is 4.79 Å². The highest BCUT2D eigenvalue weighted by Crippen LogP contribution is 2.24. The van der Waals surface area contributed by atoms with E-state index in [1.165, 1.54) is 0 Å². The van der Waals surface area contributed by atoms with E-state index in [9.17, 15) is 30.3 Å². The molecule has 0 aliphatic heterocycles. The molecule has 1 aliphatic rings. The van der Waals surface area contributed by atoms with Crippen LogP contribution in [0.5, 0.6) is 0 Å². The van der Waals surface area contributed by atoms with Crippen LogP contribution in [0, 0.1) is 0 Å². The monoisotopic (exact) mass is 250 g/mol. The highest BCUT2D eigenvalue weighted by Gasteiger charge is 2.50. The van der Waals surface area contributed by atoms with E-state index in [0.717, 1.165) is 0 Å². The number of carbonyl (C=O) groups is 1. The first-order chi connectivity index (χ1) is 7.90. The number of ether oxygens (including phenoxy) is 1. The number of carbonyl (C=O) groups excluding carboxylic acids is 1. The van der Waals surface area contributed by atoms with Gasteiger partial charge in [-0.1, -0.05) is 6.92 Å². The van der Waals surface area contributed by atoms with E-state index in [1.54, 1.807) is 6.92 Å². The summed E-state index contributed by atoms with van der Waals surface area (Å²) in [5.74, 6) is -0.647. The summed E-state index contributed by atoms with van der Waals surface area (Å²) in [6, 6.07) is 0. The molecule has 100 valence electrons. The average Bonchev–Trinajstić information content (AvgIpc) is 2.30. The van der Waals surface area contributed by atoms with Gasteiger partial charge in [-0.2, -0.15) is 0 Å². The lowest BCUT2D eigenvalue weighted by atomic mass is 9.85. The normalized spacial score (nSPS) is 42.2. The molecule has 0 radical (unpaired) electrons. The molecule has 0 amide bonds. The van der Waals surface area contributed by atoms with Crippen LogP contribution in [0.1, 0.15) is 19.8 Å². The van der Waals surface area contributed by atoms with Gasteiger partial charge in [-0.05, 0) is 6.42 Å². The Labute approximate surface area is 98.3 Å². The zero-order chi connectivity index (χ0) is 13.2. The molecular formula is C10H18O7. The lowest BCUT2D eigenvalue weighted by Crippen LogP contribution is -2.64. The summed E-state index contributed by atoms with van der Waals surface area (Å²) in [7, 11) is 0. The lowest BCUT2D eigenvalue weighted by Gasteiger charge is -2.41. The van der Waals surface area contributed by atoms with Crippen molar-refractivity contribution in [2.75, 3.05) is 0 Å². The van der Waals surface area contributed by atoms with E-state index in [2.05, 4.69) is 0 Å². The Morgan fingerprint density at radius 3 is 1.76 bits per heavy atom. The number of hydrogen-bond donors (Lipinski definition) is 5. The topological polar surface area (TPSA) is 127 Å². The molecule has 1 aliphatic carbocycles. The van der Waals surface area contributed by atoms with Gasteiger partial charge in [0, 0.05) is 6.42 Å². The van der Waals surface area contributed by atoms with E-state index in [-0.39, 0.29) is 6.42 Å². The number of hydrogen-bond acceptors (Lipinski definition) is 7. The van der Waals surface area contributed by atoms with Gasteiger partial charge in [0.2, 0.25) is 0 Å². The molecule has 0 aromatic heterocycles. The van der Waals surface area contributed by atoms with Crippen LogP contribution >= 0.6 is 0 Å². The van der Waals surface area contributed by atoms with Crippen molar-refractivity contribution >= 4 is 5.97 Å². The van der Waals surface area contributed by atoms with Gasteiger partial charge >= 0.3 is 5.97 Å². The molecule has 7 heteroatoms. The summed E-state index contributed by atoms with van der Waals surface area (Å²) < 4.78 is 4.78. The van der Waals surface area contributed by atoms with Crippen molar-refractivity contribution in [3.05, 3.63) is 0 Å². The van der Waals surface area contributed by atoms with Crippen LogP contribution in [-0.2, 0) is 9.53 Å². The van der Waals surface area contributed by atoms with E-state index >= 15 is 0 Å². The predicted octanol–water partition coefficient (Wildman–Crippen LogP) is -2.48. The first-order valence-corrected chi connectivity index (χ1v) is 5.50. The second-order valence-corrected chi connectivity index (χ2v) is 4.16. The quantitative estimate of drug-likeness (QED) is 0.351. The summed E-state index contributed by atoms with van der Waals surface area (Å²) in [5, 5.41) is 47.2. The molecule has 0 spiro atoms. The van der Waals surface area contributed by atoms with Crippen LogP contribution < -0.4 is 0 Å². The lowest BCUT2D eigenvalue weighted by molar-refractivity contribution is -0.233.